The van der Waals surface area contributed by atoms with Gasteiger partial charge in [0.05, 0.1) is 0 Å². The molecule has 0 aromatic carbocycles. The molecule has 124 valence electrons. The second-order valence-electron chi connectivity index (χ2n) is 7.52. The molecule has 6 heteroatoms. The van der Waals surface area contributed by atoms with Gasteiger partial charge in [0, 0.05) is 45.0 Å². The summed E-state index contributed by atoms with van der Waals surface area (Å²) in [6.45, 7) is 11.2. The molecular weight excluding hydrogens is 300 g/mol. The molecule has 1 aliphatic carbocycles. The molecule has 2 aliphatic rings. The fourth-order valence-corrected chi connectivity index (χ4v) is 3.88. The number of carbonyl (C=O) groups excluding carboxylic acids is 1. The summed E-state index contributed by atoms with van der Waals surface area (Å²) < 4.78 is 2.02. The van der Waals surface area contributed by atoms with Crippen LogP contribution in [0.5, 0.6) is 0 Å². The molecule has 22 heavy (non-hydrogen) atoms. The van der Waals surface area contributed by atoms with E-state index in [2.05, 4.69) is 38.0 Å². The summed E-state index contributed by atoms with van der Waals surface area (Å²) in [5, 5.41) is 3.39. The van der Waals surface area contributed by atoms with Crippen molar-refractivity contribution in [1.29, 1.82) is 0 Å². The fourth-order valence-electron chi connectivity index (χ4n) is 3.88. The van der Waals surface area contributed by atoms with Gasteiger partial charge in [-0.2, -0.15) is 0 Å². The van der Waals surface area contributed by atoms with Crippen molar-refractivity contribution in [2.75, 3.05) is 19.6 Å². The summed E-state index contributed by atoms with van der Waals surface area (Å²) in [7, 11) is 1.99. The third-order valence-corrected chi connectivity index (χ3v) is 5.95. The Hall–Kier alpha value is -1.07. The highest BCUT2D eigenvalue weighted by atomic mass is 35.5. The molecule has 1 unspecified atom stereocenters. The fraction of sp³-hybridized carbons (Fsp3) is 0.750. The standard InChI is InChI=1S/C16H26N4O.ClH/c1-15(2)12(16(15,3)4)14(21)20-9-6-17-10-11(20)13-18-7-8-19(13)5;/h7-8,11-12,17H,6,9-10H2,1-5H3;1H. The van der Waals surface area contributed by atoms with Crippen LogP contribution < -0.4 is 5.32 Å². The van der Waals surface area contributed by atoms with E-state index in [9.17, 15) is 4.79 Å². The van der Waals surface area contributed by atoms with Crippen LogP contribution in [0, 0.1) is 16.7 Å². The number of hydrogen-bond donors (Lipinski definition) is 1. The molecule has 1 aromatic rings. The van der Waals surface area contributed by atoms with E-state index in [1.165, 1.54) is 0 Å². The molecule has 1 atom stereocenters. The van der Waals surface area contributed by atoms with Crippen LogP contribution in [0.25, 0.3) is 0 Å². The average molecular weight is 327 g/mol. The van der Waals surface area contributed by atoms with Gasteiger partial charge in [-0.25, -0.2) is 4.98 Å². The third-order valence-electron chi connectivity index (χ3n) is 5.95. The number of aryl methyl sites for hydroxylation is 1. The van der Waals surface area contributed by atoms with Gasteiger partial charge >= 0.3 is 0 Å². The zero-order valence-electron chi connectivity index (χ0n) is 14.1. The second kappa shape index (κ2) is 5.53. The SMILES string of the molecule is Cl.Cn1ccnc1C1CNCCN1C(=O)C1C(C)(C)C1(C)C. The Bertz CT molecular complexity index is 552. The maximum atomic E-state index is 13.1. The zero-order valence-corrected chi connectivity index (χ0v) is 14.9. The van der Waals surface area contributed by atoms with Crippen LogP contribution in [0.3, 0.4) is 0 Å². The predicted octanol–water partition coefficient (Wildman–Crippen LogP) is 2.00. The van der Waals surface area contributed by atoms with E-state index in [1.807, 2.05) is 22.7 Å². The van der Waals surface area contributed by atoms with Crippen LogP contribution in [0.4, 0.5) is 0 Å². The third kappa shape index (κ3) is 2.35. The van der Waals surface area contributed by atoms with Crippen molar-refractivity contribution in [3.05, 3.63) is 18.2 Å². The van der Waals surface area contributed by atoms with Crippen LogP contribution >= 0.6 is 12.4 Å². The first-order chi connectivity index (χ1) is 9.78. The normalized spacial score (nSPS) is 26.4. The Balaban J connectivity index is 0.00000176. The van der Waals surface area contributed by atoms with Crippen LogP contribution in [0.15, 0.2) is 12.4 Å². The number of piperazine rings is 1. The van der Waals surface area contributed by atoms with Crippen molar-refractivity contribution in [3.63, 3.8) is 0 Å². The molecule has 2 fully saturated rings. The lowest BCUT2D eigenvalue weighted by Gasteiger charge is -2.36. The second-order valence-corrected chi connectivity index (χ2v) is 7.52. The van der Waals surface area contributed by atoms with Crippen LogP contribution in [0.2, 0.25) is 0 Å². The molecule has 1 aliphatic heterocycles. The Morgan fingerprint density at radius 3 is 2.45 bits per heavy atom. The predicted molar refractivity (Wildman–Crippen MR) is 88.8 cm³/mol. The monoisotopic (exact) mass is 326 g/mol. The molecule has 1 saturated heterocycles. The van der Waals surface area contributed by atoms with Crippen molar-refractivity contribution in [2.24, 2.45) is 23.8 Å². The molecule has 1 amide bonds. The number of aromatic nitrogens is 2. The number of nitrogens with one attached hydrogen (secondary N) is 1. The minimum absolute atomic E-state index is 0. The number of carbonyl (C=O) groups is 1. The van der Waals surface area contributed by atoms with Gasteiger partial charge in [0.25, 0.3) is 0 Å². The molecule has 1 N–H and O–H groups in total. The maximum absolute atomic E-state index is 13.1. The lowest BCUT2D eigenvalue weighted by atomic mass is 10.0. The Morgan fingerprint density at radius 1 is 1.32 bits per heavy atom. The molecule has 2 heterocycles. The summed E-state index contributed by atoms with van der Waals surface area (Å²) in [5.41, 5.74) is 0.169. The Kier molecular flexibility index (Phi) is 4.35. The first-order valence-corrected chi connectivity index (χ1v) is 7.77. The lowest BCUT2D eigenvalue weighted by Crippen LogP contribution is -2.50. The number of amides is 1. The van der Waals surface area contributed by atoms with E-state index >= 15 is 0 Å². The van der Waals surface area contributed by atoms with Gasteiger partial charge in [0.2, 0.25) is 5.91 Å². The number of rotatable bonds is 2. The van der Waals surface area contributed by atoms with Crippen LogP contribution in [-0.2, 0) is 11.8 Å². The highest BCUT2D eigenvalue weighted by Crippen LogP contribution is 2.69. The quantitative estimate of drug-likeness (QED) is 0.904. The molecule has 5 nitrogen and oxygen atoms in total. The van der Waals surface area contributed by atoms with Crippen molar-refractivity contribution in [1.82, 2.24) is 19.8 Å². The minimum Gasteiger partial charge on any atom is -0.336 e. The highest BCUT2D eigenvalue weighted by molar-refractivity contribution is 5.85. The van der Waals surface area contributed by atoms with E-state index in [0.29, 0.717) is 5.91 Å². The first-order valence-electron chi connectivity index (χ1n) is 7.77. The zero-order chi connectivity index (χ0) is 15.4. The summed E-state index contributed by atoms with van der Waals surface area (Å²) in [6.07, 6.45) is 3.75. The topological polar surface area (TPSA) is 50.2 Å². The van der Waals surface area contributed by atoms with Gasteiger partial charge in [0.1, 0.15) is 11.9 Å². The van der Waals surface area contributed by atoms with Crippen molar-refractivity contribution in [2.45, 2.75) is 33.7 Å². The molecule has 1 saturated carbocycles. The smallest absolute Gasteiger partial charge is 0.227 e. The number of imidazole rings is 1. The average Bonchev–Trinajstić information content (AvgIpc) is 2.74. The molecule has 1 aromatic heterocycles. The lowest BCUT2D eigenvalue weighted by molar-refractivity contribution is -0.137. The Labute approximate surface area is 138 Å². The van der Waals surface area contributed by atoms with Crippen LogP contribution in [-0.4, -0.2) is 40.0 Å². The molecule has 0 bridgehead atoms. The van der Waals surface area contributed by atoms with E-state index in [-0.39, 0.29) is 35.2 Å². The largest absolute Gasteiger partial charge is 0.336 e. The molecular formula is C16H27ClN4O. The highest BCUT2D eigenvalue weighted by Gasteiger charge is 2.69. The summed E-state index contributed by atoms with van der Waals surface area (Å²) in [6, 6.07) is 0.0402. The van der Waals surface area contributed by atoms with Crippen LogP contribution in [0.1, 0.15) is 39.6 Å². The van der Waals surface area contributed by atoms with E-state index in [4.69, 9.17) is 0 Å². The Morgan fingerprint density at radius 2 is 1.95 bits per heavy atom. The summed E-state index contributed by atoms with van der Waals surface area (Å²) in [4.78, 5) is 19.6. The number of hydrogen-bond acceptors (Lipinski definition) is 3. The van der Waals surface area contributed by atoms with Gasteiger partial charge in [-0.15, -0.1) is 12.4 Å². The van der Waals surface area contributed by atoms with E-state index < -0.39 is 0 Å². The van der Waals surface area contributed by atoms with Gasteiger partial charge in [-0.05, 0) is 10.8 Å². The van der Waals surface area contributed by atoms with Crippen molar-refractivity contribution < 1.29 is 4.79 Å². The van der Waals surface area contributed by atoms with Crippen molar-refractivity contribution in [3.8, 4) is 0 Å². The molecule has 0 spiro atoms. The van der Waals surface area contributed by atoms with Crippen molar-refractivity contribution >= 4 is 18.3 Å². The number of nitrogens with zero attached hydrogens (tertiary/aromatic N) is 3. The summed E-state index contributed by atoms with van der Waals surface area (Å²) in [5.74, 6) is 1.37. The molecule has 3 rings (SSSR count). The van der Waals surface area contributed by atoms with Gasteiger partial charge in [-0.1, -0.05) is 27.7 Å². The number of halogens is 1. The van der Waals surface area contributed by atoms with E-state index in [0.717, 1.165) is 25.5 Å². The maximum Gasteiger partial charge on any atom is 0.227 e. The minimum atomic E-state index is 0. The summed E-state index contributed by atoms with van der Waals surface area (Å²) >= 11 is 0. The molecule has 0 radical (unpaired) electrons. The van der Waals surface area contributed by atoms with Gasteiger partial charge in [-0.3, -0.25) is 4.79 Å². The van der Waals surface area contributed by atoms with E-state index in [1.54, 1.807) is 6.20 Å². The van der Waals surface area contributed by atoms with Gasteiger partial charge < -0.3 is 14.8 Å². The first kappa shape index (κ1) is 17.3. The van der Waals surface area contributed by atoms with Gasteiger partial charge in [0.15, 0.2) is 0 Å².